The predicted octanol–water partition coefficient (Wildman–Crippen LogP) is 4.03. The second-order valence-corrected chi connectivity index (χ2v) is 4.66. The second kappa shape index (κ2) is 4.54. The number of rotatable bonds is 2. The first-order valence-electron chi connectivity index (χ1n) is 5.04. The number of hydrogen-bond acceptors (Lipinski definition) is 2. The lowest BCUT2D eigenvalue weighted by Gasteiger charge is -2.04. The van der Waals surface area contributed by atoms with E-state index >= 15 is 0 Å². The summed E-state index contributed by atoms with van der Waals surface area (Å²) in [7, 11) is 0. The molecule has 16 heavy (non-hydrogen) atoms. The van der Waals surface area contributed by atoms with Crippen molar-refractivity contribution in [3.05, 3.63) is 54.6 Å². The highest BCUT2D eigenvalue weighted by Gasteiger charge is 2.07. The minimum Gasteiger partial charge on any atom is -0.282 e. The van der Waals surface area contributed by atoms with Crippen LogP contribution in [-0.4, -0.2) is 5.12 Å². The van der Waals surface area contributed by atoms with Crippen LogP contribution in [0.15, 0.2) is 59.5 Å². The van der Waals surface area contributed by atoms with E-state index in [1.807, 2.05) is 42.5 Å². The molecule has 0 aliphatic carbocycles. The lowest BCUT2D eigenvalue weighted by Crippen LogP contribution is -1.91. The van der Waals surface area contributed by atoms with Crippen LogP contribution in [0.25, 0.3) is 10.8 Å². The van der Waals surface area contributed by atoms with Crippen molar-refractivity contribution in [2.45, 2.75) is 11.8 Å². The Balaban J connectivity index is 2.45. The SMILES string of the molecule is C=C(C)C(=O)Sc1cccc2ccccc12. The van der Waals surface area contributed by atoms with Gasteiger partial charge >= 0.3 is 0 Å². The third-order valence-corrected chi connectivity index (χ3v) is 3.41. The van der Waals surface area contributed by atoms with Gasteiger partial charge in [-0.05, 0) is 41.1 Å². The molecule has 0 aliphatic heterocycles. The molecule has 0 amide bonds. The molecule has 80 valence electrons. The summed E-state index contributed by atoms with van der Waals surface area (Å²) >= 11 is 1.24. The maximum Gasteiger partial charge on any atom is 0.219 e. The Bertz CT molecular complexity index is 552. The topological polar surface area (TPSA) is 17.1 Å². The molecule has 0 bridgehead atoms. The fourth-order valence-electron chi connectivity index (χ4n) is 1.47. The number of hydrogen-bond donors (Lipinski definition) is 0. The lowest BCUT2D eigenvalue weighted by atomic mass is 10.1. The fraction of sp³-hybridized carbons (Fsp3) is 0.0714. The van der Waals surface area contributed by atoms with Crippen LogP contribution < -0.4 is 0 Å². The zero-order valence-electron chi connectivity index (χ0n) is 9.07. The van der Waals surface area contributed by atoms with Gasteiger partial charge in [-0.3, -0.25) is 4.79 Å². The standard InChI is InChI=1S/C14H12OS/c1-10(2)14(15)16-13-9-5-7-11-6-3-4-8-12(11)13/h3-9H,1H2,2H3. The number of carbonyl (C=O) groups excluding carboxylic acids is 1. The molecular formula is C14H12OS. The van der Waals surface area contributed by atoms with Crippen LogP contribution in [0.5, 0.6) is 0 Å². The van der Waals surface area contributed by atoms with E-state index < -0.39 is 0 Å². The number of thioether (sulfide) groups is 1. The number of carbonyl (C=O) groups is 1. The van der Waals surface area contributed by atoms with Crippen molar-refractivity contribution >= 4 is 27.6 Å². The third-order valence-electron chi connectivity index (χ3n) is 2.30. The first-order valence-corrected chi connectivity index (χ1v) is 5.85. The molecule has 2 rings (SSSR count). The maximum atomic E-state index is 11.6. The van der Waals surface area contributed by atoms with Gasteiger partial charge < -0.3 is 0 Å². The Labute approximate surface area is 99.2 Å². The van der Waals surface area contributed by atoms with Gasteiger partial charge in [0.25, 0.3) is 0 Å². The summed E-state index contributed by atoms with van der Waals surface area (Å²) in [6.07, 6.45) is 0. The summed E-state index contributed by atoms with van der Waals surface area (Å²) in [5, 5.41) is 2.29. The molecule has 0 saturated carbocycles. The molecule has 0 atom stereocenters. The largest absolute Gasteiger partial charge is 0.282 e. The van der Waals surface area contributed by atoms with Gasteiger partial charge in [-0.25, -0.2) is 0 Å². The highest BCUT2D eigenvalue weighted by molar-refractivity contribution is 8.14. The average molecular weight is 228 g/mol. The molecule has 1 nitrogen and oxygen atoms in total. The van der Waals surface area contributed by atoms with Gasteiger partial charge in [-0.15, -0.1) is 0 Å². The van der Waals surface area contributed by atoms with E-state index in [0.29, 0.717) is 5.57 Å². The molecule has 0 heterocycles. The van der Waals surface area contributed by atoms with Crippen LogP contribution in [0.3, 0.4) is 0 Å². The van der Waals surface area contributed by atoms with Crippen molar-refractivity contribution in [3.63, 3.8) is 0 Å². The Hall–Kier alpha value is -1.54. The van der Waals surface area contributed by atoms with Gasteiger partial charge in [0.05, 0.1) is 0 Å². The smallest absolute Gasteiger partial charge is 0.219 e. The maximum absolute atomic E-state index is 11.6. The highest BCUT2D eigenvalue weighted by Crippen LogP contribution is 2.29. The molecule has 0 spiro atoms. The quantitative estimate of drug-likeness (QED) is 0.570. The molecular weight excluding hydrogens is 216 g/mol. The number of benzene rings is 2. The van der Waals surface area contributed by atoms with Gasteiger partial charge in [0.1, 0.15) is 0 Å². The van der Waals surface area contributed by atoms with Crippen molar-refractivity contribution in [1.29, 1.82) is 0 Å². The molecule has 0 aromatic heterocycles. The summed E-state index contributed by atoms with van der Waals surface area (Å²) in [4.78, 5) is 12.6. The van der Waals surface area contributed by atoms with Gasteiger partial charge in [0.2, 0.25) is 5.12 Å². The van der Waals surface area contributed by atoms with Crippen LogP contribution >= 0.6 is 11.8 Å². The Morgan fingerprint density at radius 3 is 2.56 bits per heavy atom. The number of fused-ring (bicyclic) bond motifs is 1. The summed E-state index contributed by atoms with van der Waals surface area (Å²) in [5.41, 5.74) is 0.581. The van der Waals surface area contributed by atoms with E-state index in [4.69, 9.17) is 0 Å². The minimum atomic E-state index is 0.0244. The molecule has 0 fully saturated rings. The molecule has 2 heteroatoms. The zero-order valence-corrected chi connectivity index (χ0v) is 9.88. The van der Waals surface area contributed by atoms with Crippen molar-refractivity contribution in [1.82, 2.24) is 0 Å². The van der Waals surface area contributed by atoms with Crippen molar-refractivity contribution in [2.75, 3.05) is 0 Å². The van der Waals surface area contributed by atoms with Crippen LogP contribution in [-0.2, 0) is 4.79 Å². The Morgan fingerprint density at radius 1 is 1.12 bits per heavy atom. The minimum absolute atomic E-state index is 0.0244. The predicted molar refractivity (Wildman–Crippen MR) is 69.6 cm³/mol. The average Bonchev–Trinajstić information content (AvgIpc) is 2.29. The highest BCUT2D eigenvalue weighted by atomic mass is 32.2. The second-order valence-electron chi connectivity index (χ2n) is 3.65. The van der Waals surface area contributed by atoms with E-state index in [-0.39, 0.29) is 5.12 Å². The molecule has 2 aromatic carbocycles. The van der Waals surface area contributed by atoms with E-state index in [9.17, 15) is 4.79 Å². The molecule has 0 radical (unpaired) electrons. The van der Waals surface area contributed by atoms with Gasteiger partial charge in [-0.1, -0.05) is 43.0 Å². The van der Waals surface area contributed by atoms with E-state index in [2.05, 4.69) is 6.58 Å². The first kappa shape index (κ1) is 11.0. The fourth-order valence-corrected chi connectivity index (χ4v) is 2.29. The van der Waals surface area contributed by atoms with Crippen molar-refractivity contribution < 1.29 is 4.79 Å². The Kier molecular flexibility index (Phi) is 3.11. The molecule has 0 unspecified atom stereocenters. The molecule has 0 saturated heterocycles. The van der Waals surface area contributed by atoms with E-state index in [0.717, 1.165) is 15.7 Å². The van der Waals surface area contributed by atoms with Crippen LogP contribution in [0, 0.1) is 0 Å². The first-order chi connectivity index (χ1) is 7.68. The molecule has 2 aromatic rings. The van der Waals surface area contributed by atoms with Crippen molar-refractivity contribution in [2.24, 2.45) is 0 Å². The summed E-state index contributed by atoms with van der Waals surface area (Å²) in [5.74, 6) is 0. The van der Waals surface area contributed by atoms with E-state index in [1.165, 1.54) is 11.8 Å². The zero-order chi connectivity index (χ0) is 11.5. The van der Waals surface area contributed by atoms with Crippen LogP contribution in [0.2, 0.25) is 0 Å². The van der Waals surface area contributed by atoms with Gasteiger partial charge in [0, 0.05) is 4.90 Å². The van der Waals surface area contributed by atoms with Crippen molar-refractivity contribution in [3.8, 4) is 0 Å². The lowest BCUT2D eigenvalue weighted by molar-refractivity contribution is -0.107. The molecule has 0 N–H and O–H groups in total. The normalized spacial score (nSPS) is 10.3. The summed E-state index contributed by atoms with van der Waals surface area (Å²) < 4.78 is 0. The Morgan fingerprint density at radius 2 is 1.81 bits per heavy atom. The monoisotopic (exact) mass is 228 g/mol. The van der Waals surface area contributed by atoms with E-state index in [1.54, 1.807) is 6.92 Å². The molecule has 0 aliphatic rings. The van der Waals surface area contributed by atoms with Gasteiger partial charge in [0.15, 0.2) is 0 Å². The van der Waals surface area contributed by atoms with Crippen LogP contribution in [0.4, 0.5) is 0 Å². The summed E-state index contributed by atoms with van der Waals surface area (Å²) in [6, 6.07) is 14.0. The summed E-state index contributed by atoms with van der Waals surface area (Å²) in [6.45, 7) is 5.40. The third kappa shape index (κ3) is 2.17. The van der Waals surface area contributed by atoms with Crippen LogP contribution in [0.1, 0.15) is 6.92 Å². The van der Waals surface area contributed by atoms with Gasteiger partial charge in [-0.2, -0.15) is 0 Å².